The summed E-state index contributed by atoms with van der Waals surface area (Å²) in [4.78, 5) is 2.63. The van der Waals surface area contributed by atoms with E-state index in [-0.39, 0.29) is 0 Å². The van der Waals surface area contributed by atoms with Crippen LogP contribution in [-0.4, -0.2) is 37.7 Å². The summed E-state index contributed by atoms with van der Waals surface area (Å²) >= 11 is 0. The summed E-state index contributed by atoms with van der Waals surface area (Å²) in [5.41, 5.74) is 0.693. The normalized spacial score (nSPS) is 26.6. The monoisotopic (exact) mass is 211 g/mol. The van der Waals surface area contributed by atoms with Gasteiger partial charge in [-0.25, -0.2) is 0 Å². The maximum atomic E-state index is 5.50. The van der Waals surface area contributed by atoms with E-state index in [4.69, 9.17) is 4.74 Å². The number of rotatable bonds is 4. The smallest absolute Gasteiger partial charge is 0.0593 e. The van der Waals surface area contributed by atoms with Gasteiger partial charge < -0.3 is 9.64 Å². The molecule has 2 rings (SSSR count). The standard InChI is InChI=1S/C13H25NO/c1-12(2)10-13(4-5-13)11-14-6-3-8-15-9-7-14/h12H,3-11H2,1-2H3. The molecule has 0 bridgehead atoms. The fourth-order valence-corrected chi connectivity index (χ4v) is 2.90. The lowest BCUT2D eigenvalue weighted by molar-refractivity contribution is 0.135. The van der Waals surface area contributed by atoms with Crippen LogP contribution in [0.4, 0.5) is 0 Å². The Morgan fingerprint density at radius 2 is 2.00 bits per heavy atom. The van der Waals surface area contributed by atoms with E-state index in [1.54, 1.807) is 0 Å². The number of hydrogen-bond donors (Lipinski definition) is 0. The van der Waals surface area contributed by atoms with E-state index < -0.39 is 0 Å². The SMILES string of the molecule is CC(C)CC1(CN2CCCOCC2)CC1. The van der Waals surface area contributed by atoms with Crippen molar-refractivity contribution in [2.24, 2.45) is 11.3 Å². The molecule has 1 saturated heterocycles. The highest BCUT2D eigenvalue weighted by Gasteiger charge is 2.43. The summed E-state index contributed by atoms with van der Waals surface area (Å²) in [6.07, 6.45) is 5.56. The van der Waals surface area contributed by atoms with Gasteiger partial charge in [0.05, 0.1) is 6.61 Å². The Hall–Kier alpha value is -0.0800. The molecule has 0 radical (unpaired) electrons. The fraction of sp³-hybridized carbons (Fsp3) is 1.00. The molecule has 2 fully saturated rings. The number of ether oxygens (including phenoxy) is 1. The van der Waals surface area contributed by atoms with Gasteiger partial charge in [0, 0.05) is 26.2 Å². The number of hydrogen-bond acceptors (Lipinski definition) is 2. The minimum Gasteiger partial charge on any atom is -0.380 e. The van der Waals surface area contributed by atoms with Gasteiger partial charge in [0.1, 0.15) is 0 Å². The van der Waals surface area contributed by atoms with Crippen molar-refractivity contribution in [3.05, 3.63) is 0 Å². The van der Waals surface area contributed by atoms with Crippen LogP contribution < -0.4 is 0 Å². The summed E-state index contributed by atoms with van der Waals surface area (Å²) in [7, 11) is 0. The lowest BCUT2D eigenvalue weighted by atomic mass is 9.93. The summed E-state index contributed by atoms with van der Waals surface area (Å²) in [5.74, 6) is 0.857. The minimum atomic E-state index is 0.693. The molecular weight excluding hydrogens is 186 g/mol. The molecule has 1 aliphatic heterocycles. The van der Waals surface area contributed by atoms with Gasteiger partial charge in [-0.15, -0.1) is 0 Å². The first kappa shape index (κ1) is 11.4. The first-order valence-electron chi connectivity index (χ1n) is 6.50. The zero-order valence-corrected chi connectivity index (χ0v) is 10.3. The Kier molecular flexibility index (Phi) is 3.68. The summed E-state index contributed by atoms with van der Waals surface area (Å²) in [5, 5.41) is 0. The van der Waals surface area contributed by atoms with Crippen LogP contribution in [0.15, 0.2) is 0 Å². The van der Waals surface area contributed by atoms with Gasteiger partial charge >= 0.3 is 0 Å². The summed E-state index contributed by atoms with van der Waals surface area (Å²) in [6, 6.07) is 0. The molecule has 0 atom stereocenters. The highest BCUT2D eigenvalue weighted by Crippen LogP contribution is 2.51. The largest absolute Gasteiger partial charge is 0.380 e. The average molecular weight is 211 g/mol. The quantitative estimate of drug-likeness (QED) is 0.708. The lowest BCUT2D eigenvalue weighted by Gasteiger charge is -2.26. The molecule has 2 heteroatoms. The van der Waals surface area contributed by atoms with Gasteiger partial charge in [0.15, 0.2) is 0 Å². The van der Waals surface area contributed by atoms with E-state index in [9.17, 15) is 0 Å². The van der Waals surface area contributed by atoms with Crippen LogP contribution in [-0.2, 0) is 4.74 Å². The Morgan fingerprint density at radius 1 is 1.20 bits per heavy atom. The predicted octanol–water partition coefficient (Wildman–Crippen LogP) is 2.54. The highest BCUT2D eigenvalue weighted by atomic mass is 16.5. The Bertz CT molecular complexity index is 191. The van der Waals surface area contributed by atoms with Crippen LogP contribution >= 0.6 is 0 Å². The van der Waals surface area contributed by atoms with Gasteiger partial charge in [0.25, 0.3) is 0 Å². The van der Waals surface area contributed by atoms with Crippen LogP contribution in [0.2, 0.25) is 0 Å². The van der Waals surface area contributed by atoms with E-state index in [2.05, 4.69) is 18.7 Å². The summed E-state index contributed by atoms with van der Waals surface area (Å²) in [6.45, 7) is 10.3. The van der Waals surface area contributed by atoms with Gasteiger partial charge in [-0.2, -0.15) is 0 Å². The molecule has 0 amide bonds. The zero-order chi connectivity index (χ0) is 10.7. The van der Waals surface area contributed by atoms with Crippen molar-refractivity contribution < 1.29 is 4.74 Å². The van der Waals surface area contributed by atoms with E-state index in [0.29, 0.717) is 5.41 Å². The molecule has 1 heterocycles. The third-order valence-corrected chi connectivity index (χ3v) is 3.67. The van der Waals surface area contributed by atoms with Crippen LogP contribution in [0.5, 0.6) is 0 Å². The van der Waals surface area contributed by atoms with Crippen molar-refractivity contribution in [1.82, 2.24) is 4.90 Å². The van der Waals surface area contributed by atoms with E-state index >= 15 is 0 Å². The second kappa shape index (κ2) is 4.84. The van der Waals surface area contributed by atoms with Gasteiger partial charge in [-0.1, -0.05) is 13.8 Å². The predicted molar refractivity (Wildman–Crippen MR) is 63.0 cm³/mol. The van der Waals surface area contributed by atoms with Crippen molar-refractivity contribution >= 4 is 0 Å². The Morgan fingerprint density at radius 3 is 2.67 bits per heavy atom. The van der Waals surface area contributed by atoms with Crippen LogP contribution in [0.25, 0.3) is 0 Å². The molecule has 1 aliphatic carbocycles. The maximum absolute atomic E-state index is 5.50. The van der Waals surface area contributed by atoms with Gasteiger partial charge in [-0.3, -0.25) is 0 Å². The van der Waals surface area contributed by atoms with E-state index in [1.165, 1.54) is 38.8 Å². The minimum absolute atomic E-state index is 0.693. The first-order valence-corrected chi connectivity index (χ1v) is 6.50. The van der Waals surface area contributed by atoms with Crippen molar-refractivity contribution in [3.8, 4) is 0 Å². The molecule has 0 unspecified atom stereocenters. The van der Waals surface area contributed by atoms with Crippen LogP contribution in [0.1, 0.15) is 39.5 Å². The highest BCUT2D eigenvalue weighted by molar-refractivity contribution is 4.96. The molecular formula is C13H25NO. The molecule has 15 heavy (non-hydrogen) atoms. The molecule has 0 aromatic heterocycles. The molecule has 2 aliphatic rings. The molecule has 2 nitrogen and oxygen atoms in total. The maximum Gasteiger partial charge on any atom is 0.0593 e. The number of nitrogens with zero attached hydrogens (tertiary/aromatic N) is 1. The third kappa shape index (κ3) is 3.46. The second-order valence-electron chi connectivity index (χ2n) is 5.84. The molecule has 1 saturated carbocycles. The van der Waals surface area contributed by atoms with Gasteiger partial charge in [0.2, 0.25) is 0 Å². The average Bonchev–Trinajstić information content (AvgIpc) is 2.91. The van der Waals surface area contributed by atoms with E-state index in [0.717, 1.165) is 25.7 Å². The fourth-order valence-electron chi connectivity index (χ4n) is 2.90. The zero-order valence-electron chi connectivity index (χ0n) is 10.3. The molecule has 0 aromatic carbocycles. The summed E-state index contributed by atoms with van der Waals surface area (Å²) < 4.78 is 5.50. The topological polar surface area (TPSA) is 12.5 Å². The molecule has 0 aromatic rings. The van der Waals surface area contributed by atoms with Crippen molar-refractivity contribution in [3.63, 3.8) is 0 Å². The van der Waals surface area contributed by atoms with Crippen molar-refractivity contribution in [1.29, 1.82) is 0 Å². The van der Waals surface area contributed by atoms with E-state index in [1.807, 2.05) is 0 Å². The Labute approximate surface area is 94.0 Å². The third-order valence-electron chi connectivity index (χ3n) is 3.67. The van der Waals surface area contributed by atoms with Crippen LogP contribution in [0.3, 0.4) is 0 Å². The molecule has 0 spiro atoms. The van der Waals surface area contributed by atoms with Crippen molar-refractivity contribution in [2.45, 2.75) is 39.5 Å². The second-order valence-corrected chi connectivity index (χ2v) is 5.84. The first-order chi connectivity index (χ1) is 7.20. The lowest BCUT2D eigenvalue weighted by Crippen LogP contribution is -2.33. The van der Waals surface area contributed by atoms with Crippen LogP contribution in [0, 0.1) is 11.3 Å². The molecule has 0 N–H and O–H groups in total. The van der Waals surface area contributed by atoms with Gasteiger partial charge in [-0.05, 0) is 37.0 Å². The van der Waals surface area contributed by atoms with Crippen molar-refractivity contribution in [2.75, 3.05) is 32.8 Å². The molecule has 88 valence electrons. The Balaban J connectivity index is 1.79.